The summed E-state index contributed by atoms with van der Waals surface area (Å²) in [6.45, 7) is 3.78. The van der Waals surface area contributed by atoms with E-state index in [9.17, 15) is 19.1 Å². The first-order chi connectivity index (χ1) is 14.6. The normalized spacial score (nSPS) is 15.4. The van der Waals surface area contributed by atoms with Crippen molar-refractivity contribution >= 4 is 34.6 Å². The SMILES string of the molecule is CN(CC(C)(C)O)c1cc(SNC2(C#N)CC2)cn2c(-c3nnc(C(F)F)s3)cnc12. The zero-order valence-electron chi connectivity index (χ0n) is 17.1. The van der Waals surface area contributed by atoms with Gasteiger partial charge in [-0.2, -0.15) is 5.26 Å². The molecule has 2 N–H and O–H groups in total. The van der Waals surface area contributed by atoms with E-state index in [0.29, 0.717) is 22.9 Å². The van der Waals surface area contributed by atoms with E-state index < -0.39 is 17.6 Å². The molecule has 0 radical (unpaired) electrons. The van der Waals surface area contributed by atoms with Gasteiger partial charge < -0.3 is 10.0 Å². The third kappa shape index (κ3) is 4.64. The summed E-state index contributed by atoms with van der Waals surface area (Å²) in [6, 6.07) is 4.22. The Morgan fingerprint density at radius 3 is 2.77 bits per heavy atom. The molecule has 3 heterocycles. The molecule has 1 aliphatic carbocycles. The maximum atomic E-state index is 13.0. The lowest BCUT2D eigenvalue weighted by molar-refractivity contribution is 0.0886. The number of nitrogens with zero attached hydrogens (tertiary/aromatic N) is 6. The van der Waals surface area contributed by atoms with Crippen LogP contribution in [0.4, 0.5) is 14.5 Å². The van der Waals surface area contributed by atoms with Gasteiger partial charge in [-0.15, -0.1) is 10.2 Å². The first kappa shape index (κ1) is 21.9. The molecule has 1 saturated carbocycles. The van der Waals surface area contributed by atoms with Crippen molar-refractivity contribution in [2.45, 2.75) is 49.2 Å². The number of nitriles is 1. The largest absolute Gasteiger partial charge is 0.389 e. The van der Waals surface area contributed by atoms with Gasteiger partial charge >= 0.3 is 0 Å². The van der Waals surface area contributed by atoms with Crippen LogP contribution in [0.2, 0.25) is 0 Å². The third-order valence-electron chi connectivity index (χ3n) is 4.77. The highest BCUT2D eigenvalue weighted by atomic mass is 32.2. The fraction of sp³-hybridized carbons (Fsp3) is 0.474. The molecule has 12 heteroatoms. The number of rotatable bonds is 8. The van der Waals surface area contributed by atoms with Gasteiger partial charge in [-0.05, 0) is 44.7 Å². The lowest BCUT2D eigenvalue weighted by Gasteiger charge is -2.28. The monoisotopic (exact) mass is 465 g/mol. The average Bonchev–Trinajstić information content (AvgIpc) is 3.10. The van der Waals surface area contributed by atoms with E-state index in [2.05, 4.69) is 26.0 Å². The first-order valence-corrected chi connectivity index (χ1v) is 11.2. The van der Waals surface area contributed by atoms with Crippen molar-refractivity contribution in [3.8, 4) is 16.8 Å². The molecule has 3 aromatic rings. The molecular weight excluding hydrogens is 444 g/mol. The van der Waals surface area contributed by atoms with Crippen molar-refractivity contribution < 1.29 is 13.9 Å². The minimum absolute atomic E-state index is 0.338. The molecule has 0 aliphatic heterocycles. The second kappa shape index (κ2) is 7.98. The number of aromatic nitrogens is 4. The van der Waals surface area contributed by atoms with E-state index >= 15 is 0 Å². The van der Waals surface area contributed by atoms with Crippen LogP contribution < -0.4 is 9.62 Å². The summed E-state index contributed by atoms with van der Waals surface area (Å²) < 4.78 is 31.0. The number of fused-ring (bicyclic) bond motifs is 1. The smallest absolute Gasteiger partial charge is 0.291 e. The Balaban J connectivity index is 1.77. The minimum Gasteiger partial charge on any atom is -0.389 e. The van der Waals surface area contributed by atoms with Crippen LogP contribution in [0, 0.1) is 11.3 Å². The number of nitrogens with one attached hydrogen (secondary N) is 1. The maximum Gasteiger partial charge on any atom is 0.291 e. The standard InChI is InChI=1S/C19H21F2N7OS2/c1-18(2,29)10-27(3)12-6-11(31-26-19(9-22)4-5-19)8-28-13(7-23-15(12)28)16-24-25-17(30-16)14(20)21/h6-8,14,26,29H,4-5,10H2,1-3H3. The number of anilines is 1. The molecule has 1 aliphatic rings. The summed E-state index contributed by atoms with van der Waals surface area (Å²) in [5.41, 5.74) is 0.442. The zero-order chi connectivity index (χ0) is 22.4. The predicted molar refractivity (Wildman–Crippen MR) is 115 cm³/mol. The van der Waals surface area contributed by atoms with Crippen molar-refractivity contribution in [2.24, 2.45) is 0 Å². The lowest BCUT2D eigenvalue weighted by atomic mass is 10.1. The number of alkyl halides is 2. The molecule has 0 atom stereocenters. The maximum absolute atomic E-state index is 13.0. The fourth-order valence-corrected chi connectivity index (χ4v) is 4.75. The van der Waals surface area contributed by atoms with Crippen molar-refractivity contribution in [3.63, 3.8) is 0 Å². The van der Waals surface area contributed by atoms with E-state index in [0.717, 1.165) is 34.8 Å². The number of imidazole rings is 1. The van der Waals surface area contributed by atoms with Crippen LogP contribution in [-0.4, -0.2) is 49.4 Å². The number of halogens is 2. The molecule has 0 spiro atoms. The topological polar surface area (TPSA) is 102 Å². The van der Waals surface area contributed by atoms with E-state index in [1.807, 2.05) is 24.2 Å². The summed E-state index contributed by atoms with van der Waals surface area (Å²) in [4.78, 5) is 7.18. The van der Waals surface area contributed by atoms with Gasteiger partial charge in [-0.25, -0.2) is 18.5 Å². The molecule has 0 unspecified atom stereocenters. The van der Waals surface area contributed by atoms with Gasteiger partial charge in [0.2, 0.25) is 0 Å². The Bertz CT molecular complexity index is 1140. The Morgan fingerprint density at radius 1 is 1.45 bits per heavy atom. The Kier molecular flexibility index (Phi) is 5.63. The Morgan fingerprint density at radius 2 is 2.19 bits per heavy atom. The highest BCUT2D eigenvalue weighted by molar-refractivity contribution is 7.97. The summed E-state index contributed by atoms with van der Waals surface area (Å²) in [6.07, 6.45) is 2.30. The molecule has 0 saturated heterocycles. The van der Waals surface area contributed by atoms with Crippen LogP contribution in [0.5, 0.6) is 0 Å². The molecule has 4 rings (SSSR count). The van der Waals surface area contributed by atoms with Crippen LogP contribution in [0.3, 0.4) is 0 Å². The van der Waals surface area contributed by atoms with Gasteiger partial charge in [0, 0.05) is 24.7 Å². The van der Waals surface area contributed by atoms with E-state index in [1.54, 1.807) is 24.4 Å². The van der Waals surface area contributed by atoms with E-state index in [1.165, 1.54) is 11.9 Å². The molecule has 0 bridgehead atoms. The van der Waals surface area contributed by atoms with Crippen molar-refractivity contribution in [3.05, 3.63) is 23.5 Å². The molecule has 31 heavy (non-hydrogen) atoms. The Labute approximate surface area is 186 Å². The van der Waals surface area contributed by atoms with Gasteiger partial charge in [-0.1, -0.05) is 11.3 Å². The number of aliphatic hydroxyl groups is 1. The number of pyridine rings is 1. The average molecular weight is 466 g/mol. The summed E-state index contributed by atoms with van der Waals surface area (Å²) in [5, 5.41) is 27.1. The number of hydrogen-bond donors (Lipinski definition) is 2. The second-order valence-corrected chi connectivity index (χ2v) is 10.1. The van der Waals surface area contributed by atoms with Crippen LogP contribution in [0.25, 0.3) is 16.3 Å². The quantitative estimate of drug-likeness (QED) is 0.486. The summed E-state index contributed by atoms with van der Waals surface area (Å²) in [5.74, 6) is 0. The highest BCUT2D eigenvalue weighted by Gasteiger charge is 2.43. The molecule has 8 nitrogen and oxygen atoms in total. The molecular formula is C19H21F2N7OS2. The Hall–Kier alpha value is -2.33. The van der Waals surface area contributed by atoms with Crippen LogP contribution >= 0.6 is 23.3 Å². The highest BCUT2D eigenvalue weighted by Crippen LogP contribution is 2.39. The van der Waals surface area contributed by atoms with E-state index in [-0.39, 0.29) is 5.01 Å². The van der Waals surface area contributed by atoms with Gasteiger partial charge in [0.05, 0.1) is 23.6 Å². The molecule has 164 valence electrons. The van der Waals surface area contributed by atoms with Crippen molar-refractivity contribution in [2.75, 3.05) is 18.5 Å². The van der Waals surface area contributed by atoms with Gasteiger partial charge in [-0.3, -0.25) is 4.40 Å². The van der Waals surface area contributed by atoms with Crippen LogP contribution in [0.15, 0.2) is 23.4 Å². The predicted octanol–water partition coefficient (Wildman–Crippen LogP) is 3.65. The van der Waals surface area contributed by atoms with Crippen molar-refractivity contribution in [1.82, 2.24) is 24.3 Å². The molecule has 0 amide bonds. The molecule has 3 aromatic heterocycles. The third-order valence-corrected chi connectivity index (χ3v) is 6.68. The van der Waals surface area contributed by atoms with Gasteiger partial charge in [0.1, 0.15) is 11.2 Å². The van der Waals surface area contributed by atoms with Gasteiger partial charge in [0.25, 0.3) is 6.43 Å². The van der Waals surface area contributed by atoms with Gasteiger partial charge in [0.15, 0.2) is 15.7 Å². The number of hydrogen-bond acceptors (Lipinski definition) is 9. The fourth-order valence-electron chi connectivity index (χ4n) is 3.15. The summed E-state index contributed by atoms with van der Waals surface area (Å²) >= 11 is 2.16. The van der Waals surface area contributed by atoms with Crippen molar-refractivity contribution in [1.29, 1.82) is 5.26 Å². The zero-order valence-corrected chi connectivity index (χ0v) is 18.8. The minimum atomic E-state index is -2.69. The number of likely N-dealkylation sites (N-methyl/N-ethyl adjacent to an activating group) is 1. The first-order valence-electron chi connectivity index (χ1n) is 9.53. The summed E-state index contributed by atoms with van der Waals surface area (Å²) in [7, 11) is 1.85. The van der Waals surface area contributed by atoms with Crippen LogP contribution in [-0.2, 0) is 0 Å². The second-order valence-electron chi connectivity index (χ2n) is 8.21. The molecule has 1 fully saturated rings. The lowest BCUT2D eigenvalue weighted by Crippen LogP contribution is -2.36. The molecule has 0 aromatic carbocycles. The van der Waals surface area contributed by atoms with E-state index in [4.69, 9.17) is 0 Å². The van der Waals surface area contributed by atoms with Crippen LogP contribution in [0.1, 0.15) is 38.1 Å².